The van der Waals surface area contributed by atoms with Gasteiger partial charge in [0.1, 0.15) is 12.4 Å². The normalized spacial score (nSPS) is 10.9. The van der Waals surface area contributed by atoms with Crippen molar-refractivity contribution in [1.82, 2.24) is 0 Å². The first kappa shape index (κ1) is 15.4. The minimum Gasteiger partial charge on any atom is -0.490 e. The Morgan fingerprint density at radius 3 is 1.65 bits per heavy atom. The van der Waals surface area contributed by atoms with Gasteiger partial charge in [-0.25, -0.2) is 0 Å². The average molecular weight is 320 g/mol. The lowest BCUT2D eigenvalue weighted by molar-refractivity contribution is 0.363. The predicted molar refractivity (Wildman–Crippen MR) is 98.8 cm³/mol. The fraction of sp³-hybridized carbons (Fsp3) is 0.0476. The van der Waals surface area contributed by atoms with E-state index in [-0.39, 0.29) is 0 Å². The molecule has 3 rings (SSSR count). The van der Waals surface area contributed by atoms with Crippen LogP contribution in [0.15, 0.2) is 112 Å². The summed E-state index contributed by atoms with van der Waals surface area (Å²) < 4.78 is 5.59. The molecule has 0 bridgehead atoms. The highest BCUT2D eigenvalue weighted by molar-refractivity contribution is 8.17. The van der Waals surface area contributed by atoms with E-state index in [4.69, 9.17) is 4.74 Å². The molecule has 0 aromatic heterocycles. The van der Waals surface area contributed by atoms with E-state index in [0.29, 0.717) is 6.61 Å². The van der Waals surface area contributed by atoms with Gasteiger partial charge in [0.2, 0.25) is 0 Å². The molecule has 3 aromatic carbocycles. The number of rotatable bonds is 6. The summed E-state index contributed by atoms with van der Waals surface area (Å²) in [5, 5.41) is 0. The highest BCUT2D eigenvalue weighted by atomic mass is 32.2. The van der Waals surface area contributed by atoms with Crippen molar-refractivity contribution in [3.63, 3.8) is 0 Å². The molecule has 0 saturated heterocycles. The minimum absolute atomic E-state index is 0.533. The third kappa shape index (κ3) is 3.85. The predicted octanol–water partition coefficient (Wildman–Crippen LogP) is 5.73. The summed E-state index contributed by atoms with van der Waals surface area (Å²) in [4.78, 5) is 4.03. The molecule has 0 aliphatic heterocycles. The van der Waals surface area contributed by atoms with Crippen molar-refractivity contribution in [3.05, 3.63) is 97.6 Å². The van der Waals surface area contributed by atoms with Crippen LogP contribution < -0.4 is 4.74 Å². The van der Waals surface area contributed by atoms with E-state index in [0.717, 1.165) is 5.75 Å². The van der Waals surface area contributed by atoms with Crippen LogP contribution in [0.3, 0.4) is 0 Å². The van der Waals surface area contributed by atoms with Gasteiger partial charge >= 0.3 is 0 Å². The molecule has 0 aliphatic rings. The largest absolute Gasteiger partial charge is 0.490 e. The first-order chi connectivity index (χ1) is 11.4. The molecule has 0 spiro atoms. The Morgan fingerprint density at radius 1 is 0.696 bits per heavy atom. The Labute approximate surface area is 140 Å². The minimum atomic E-state index is -0.547. The Morgan fingerprint density at radius 2 is 1.17 bits per heavy atom. The SMILES string of the molecule is C=CCOc1ccc([SH](c2ccccc2)c2ccccc2)cc1. The van der Waals surface area contributed by atoms with Crippen LogP contribution in [0.5, 0.6) is 5.75 Å². The molecular formula is C21H20OS. The maximum absolute atomic E-state index is 5.59. The number of thiol groups is 1. The van der Waals surface area contributed by atoms with Crippen molar-refractivity contribution in [3.8, 4) is 5.75 Å². The second-order valence-corrected chi connectivity index (χ2v) is 7.32. The Kier molecular flexibility index (Phi) is 5.17. The molecule has 0 heterocycles. The van der Waals surface area contributed by atoms with Crippen LogP contribution in [0, 0.1) is 0 Å². The molecule has 0 unspecified atom stereocenters. The summed E-state index contributed by atoms with van der Waals surface area (Å²) in [6.07, 6.45) is 1.76. The van der Waals surface area contributed by atoms with Crippen molar-refractivity contribution < 1.29 is 4.74 Å². The van der Waals surface area contributed by atoms with Crippen LogP contribution in [-0.4, -0.2) is 6.61 Å². The van der Waals surface area contributed by atoms with E-state index in [1.54, 1.807) is 6.08 Å². The highest BCUT2D eigenvalue weighted by Crippen LogP contribution is 2.51. The molecule has 0 fully saturated rings. The first-order valence-corrected chi connectivity index (χ1v) is 8.96. The average Bonchev–Trinajstić information content (AvgIpc) is 2.63. The van der Waals surface area contributed by atoms with Crippen LogP contribution in [0.1, 0.15) is 0 Å². The van der Waals surface area contributed by atoms with Crippen LogP contribution in [0.4, 0.5) is 0 Å². The van der Waals surface area contributed by atoms with Crippen LogP contribution in [-0.2, 0) is 0 Å². The zero-order valence-corrected chi connectivity index (χ0v) is 13.8. The summed E-state index contributed by atoms with van der Waals surface area (Å²) in [6.45, 7) is 4.21. The molecule has 0 radical (unpaired) electrons. The van der Waals surface area contributed by atoms with E-state index in [2.05, 4.69) is 79.4 Å². The zero-order chi connectivity index (χ0) is 15.9. The van der Waals surface area contributed by atoms with Crippen LogP contribution in [0.2, 0.25) is 0 Å². The number of ether oxygens (including phenoxy) is 1. The molecule has 1 nitrogen and oxygen atoms in total. The van der Waals surface area contributed by atoms with Gasteiger partial charge in [0.05, 0.1) is 0 Å². The molecule has 0 aliphatic carbocycles. The van der Waals surface area contributed by atoms with Gasteiger partial charge in [-0.15, -0.1) is 0 Å². The van der Waals surface area contributed by atoms with Crippen LogP contribution >= 0.6 is 10.9 Å². The van der Waals surface area contributed by atoms with Gasteiger partial charge in [-0.05, 0) is 63.2 Å². The van der Waals surface area contributed by atoms with Crippen molar-refractivity contribution in [2.24, 2.45) is 0 Å². The second kappa shape index (κ2) is 7.70. The molecule has 0 saturated carbocycles. The van der Waals surface area contributed by atoms with Crippen molar-refractivity contribution in [2.75, 3.05) is 6.61 Å². The molecule has 0 atom stereocenters. The molecule has 2 heteroatoms. The Balaban J connectivity index is 1.97. The maximum atomic E-state index is 5.59. The van der Waals surface area contributed by atoms with Gasteiger partial charge in [-0.2, -0.15) is 10.9 Å². The van der Waals surface area contributed by atoms with Crippen molar-refractivity contribution in [2.45, 2.75) is 14.7 Å². The van der Waals surface area contributed by atoms with Gasteiger partial charge in [0, 0.05) is 0 Å². The van der Waals surface area contributed by atoms with Gasteiger partial charge in [0.25, 0.3) is 0 Å². The van der Waals surface area contributed by atoms with E-state index in [1.807, 2.05) is 12.1 Å². The van der Waals surface area contributed by atoms with E-state index >= 15 is 0 Å². The second-order valence-electron chi connectivity index (χ2n) is 5.10. The zero-order valence-electron chi connectivity index (χ0n) is 12.9. The molecular weight excluding hydrogens is 300 g/mol. The van der Waals surface area contributed by atoms with E-state index in [1.165, 1.54) is 14.7 Å². The Bertz CT molecular complexity index is 696. The van der Waals surface area contributed by atoms with Gasteiger partial charge < -0.3 is 4.74 Å². The highest BCUT2D eigenvalue weighted by Gasteiger charge is 2.12. The standard InChI is InChI=1S/C21H20OS/c1-2-17-22-18-13-15-21(16-14-18)23(19-9-5-3-6-10-19)20-11-7-4-8-12-20/h2-16,23H,1,17H2. The van der Waals surface area contributed by atoms with Gasteiger partial charge in [0.15, 0.2) is 0 Å². The quantitative estimate of drug-likeness (QED) is 0.451. The summed E-state index contributed by atoms with van der Waals surface area (Å²) in [7, 11) is -0.547. The van der Waals surface area contributed by atoms with Gasteiger partial charge in [-0.1, -0.05) is 49.1 Å². The van der Waals surface area contributed by atoms with Crippen molar-refractivity contribution in [1.29, 1.82) is 0 Å². The topological polar surface area (TPSA) is 9.23 Å². The molecule has 116 valence electrons. The Hall–Kier alpha value is -2.45. The monoisotopic (exact) mass is 320 g/mol. The third-order valence-electron chi connectivity index (χ3n) is 3.49. The van der Waals surface area contributed by atoms with E-state index < -0.39 is 10.9 Å². The fourth-order valence-corrected chi connectivity index (χ4v) is 4.73. The van der Waals surface area contributed by atoms with Crippen molar-refractivity contribution >= 4 is 10.9 Å². The number of hydrogen-bond acceptors (Lipinski definition) is 1. The lowest BCUT2D eigenvalue weighted by Gasteiger charge is -2.23. The maximum Gasteiger partial charge on any atom is 0.119 e. The van der Waals surface area contributed by atoms with E-state index in [9.17, 15) is 0 Å². The summed E-state index contributed by atoms with van der Waals surface area (Å²) in [5.74, 6) is 0.879. The molecule has 0 amide bonds. The van der Waals surface area contributed by atoms with Crippen LogP contribution in [0.25, 0.3) is 0 Å². The third-order valence-corrected chi connectivity index (χ3v) is 5.94. The number of benzene rings is 3. The summed E-state index contributed by atoms with van der Waals surface area (Å²) in [6, 6.07) is 29.8. The molecule has 23 heavy (non-hydrogen) atoms. The fourth-order valence-electron chi connectivity index (χ4n) is 2.45. The smallest absolute Gasteiger partial charge is 0.119 e. The lowest BCUT2D eigenvalue weighted by Crippen LogP contribution is -1.93. The summed E-state index contributed by atoms with van der Waals surface area (Å²) >= 11 is 0. The summed E-state index contributed by atoms with van der Waals surface area (Å²) in [5.41, 5.74) is 0. The molecule has 0 N–H and O–H groups in total. The first-order valence-electron chi connectivity index (χ1n) is 7.62. The molecule has 3 aromatic rings. The van der Waals surface area contributed by atoms with Gasteiger partial charge in [-0.3, -0.25) is 0 Å². The number of hydrogen-bond donors (Lipinski definition) is 1. The lowest BCUT2D eigenvalue weighted by atomic mass is 10.3.